The Morgan fingerprint density at radius 1 is 1.38 bits per heavy atom. The van der Waals surface area contributed by atoms with E-state index in [9.17, 15) is 14.9 Å². The van der Waals surface area contributed by atoms with E-state index in [2.05, 4.69) is 4.84 Å². The molecule has 68 valence electrons. The third-order valence-electron chi connectivity index (χ3n) is 1.28. The van der Waals surface area contributed by atoms with Crippen molar-refractivity contribution < 1.29 is 19.8 Å². The van der Waals surface area contributed by atoms with Crippen molar-refractivity contribution >= 4 is 5.97 Å². The van der Waals surface area contributed by atoms with E-state index in [-0.39, 0.29) is 11.3 Å². The van der Waals surface area contributed by atoms with Gasteiger partial charge in [0.25, 0.3) is 5.09 Å². The lowest BCUT2D eigenvalue weighted by molar-refractivity contribution is -0.711. The Morgan fingerprint density at radius 2 is 1.92 bits per heavy atom. The summed E-state index contributed by atoms with van der Waals surface area (Å²) in [6.07, 6.45) is 0. The second-order valence-electron chi connectivity index (χ2n) is 2.14. The number of rotatable bonds is 3. The van der Waals surface area contributed by atoms with Crippen LogP contribution in [0.25, 0.3) is 0 Å². The quantitative estimate of drug-likeness (QED) is 0.556. The Kier molecular flexibility index (Phi) is 2.44. The monoisotopic (exact) mass is 183 g/mol. The molecule has 0 aromatic heterocycles. The summed E-state index contributed by atoms with van der Waals surface area (Å²) in [4.78, 5) is 24.3. The molecule has 0 amide bonds. The van der Waals surface area contributed by atoms with Crippen LogP contribution in [-0.2, 0) is 0 Å². The summed E-state index contributed by atoms with van der Waals surface area (Å²) < 4.78 is 0. The van der Waals surface area contributed by atoms with Crippen LogP contribution >= 0.6 is 0 Å². The Labute approximate surface area is 72.5 Å². The van der Waals surface area contributed by atoms with E-state index in [1.165, 1.54) is 24.3 Å². The van der Waals surface area contributed by atoms with Gasteiger partial charge in [-0.2, -0.15) is 0 Å². The summed E-state index contributed by atoms with van der Waals surface area (Å²) in [7, 11) is 0. The fourth-order valence-corrected chi connectivity index (χ4v) is 0.744. The zero-order chi connectivity index (χ0) is 9.84. The molecule has 1 rings (SSSR count). The number of carbonyl (C=O) groups is 1. The highest BCUT2D eigenvalue weighted by Gasteiger charge is 2.03. The molecular weight excluding hydrogens is 178 g/mol. The second-order valence-corrected chi connectivity index (χ2v) is 2.14. The van der Waals surface area contributed by atoms with Gasteiger partial charge in [-0.1, -0.05) is 0 Å². The van der Waals surface area contributed by atoms with Gasteiger partial charge in [0, 0.05) is 0 Å². The Bertz CT molecular complexity index is 331. The number of carboxylic acid groups (broad SMARTS) is 1. The van der Waals surface area contributed by atoms with E-state index in [1.54, 1.807) is 0 Å². The van der Waals surface area contributed by atoms with Gasteiger partial charge in [0.2, 0.25) is 0 Å². The third-order valence-corrected chi connectivity index (χ3v) is 1.28. The topological polar surface area (TPSA) is 89.7 Å². The maximum atomic E-state index is 10.4. The zero-order valence-corrected chi connectivity index (χ0v) is 6.34. The highest BCUT2D eigenvalue weighted by Crippen LogP contribution is 2.11. The lowest BCUT2D eigenvalue weighted by Crippen LogP contribution is -2.03. The number of hydrogen-bond acceptors (Lipinski definition) is 4. The van der Waals surface area contributed by atoms with Gasteiger partial charge < -0.3 is 5.11 Å². The van der Waals surface area contributed by atoms with Gasteiger partial charge in [-0.05, 0) is 24.3 Å². The summed E-state index contributed by atoms with van der Waals surface area (Å²) in [5.74, 6) is -1.09. The van der Waals surface area contributed by atoms with Crippen LogP contribution in [0.2, 0.25) is 0 Å². The fourth-order valence-electron chi connectivity index (χ4n) is 0.744. The normalized spacial score (nSPS) is 9.23. The van der Waals surface area contributed by atoms with Gasteiger partial charge in [0.05, 0.1) is 5.56 Å². The zero-order valence-electron chi connectivity index (χ0n) is 6.34. The van der Waals surface area contributed by atoms with E-state index in [4.69, 9.17) is 5.11 Å². The first-order chi connectivity index (χ1) is 6.09. The van der Waals surface area contributed by atoms with Crippen molar-refractivity contribution in [1.29, 1.82) is 0 Å². The van der Waals surface area contributed by atoms with Crippen molar-refractivity contribution in [3.8, 4) is 5.75 Å². The van der Waals surface area contributed by atoms with Crippen molar-refractivity contribution in [2.24, 2.45) is 0 Å². The van der Waals surface area contributed by atoms with E-state index >= 15 is 0 Å². The first-order valence-corrected chi connectivity index (χ1v) is 3.25. The molecule has 13 heavy (non-hydrogen) atoms. The van der Waals surface area contributed by atoms with Crippen LogP contribution in [0.3, 0.4) is 0 Å². The number of nitrogens with zero attached hydrogens (tertiary/aromatic N) is 1. The maximum absolute atomic E-state index is 10.4. The Morgan fingerprint density at radius 3 is 2.31 bits per heavy atom. The third kappa shape index (κ3) is 2.44. The van der Waals surface area contributed by atoms with E-state index in [0.717, 1.165) is 0 Å². The molecule has 0 spiro atoms. The molecule has 0 bridgehead atoms. The van der Waals surface area contributed by atoms with Crippen molar-refractivity contribution in [1.82, 2.24) is 0 Å². The molecule has 0 heterocycles. The molecule has 6 heteroatoms. The maximum Gasteiger partial charge on any atom is 0.335 e. The van der Waals surface area contributed by atoms with Gasteiger partial charge >= 0.3 is 5.97 Å². The molecule has 0 saturated carbocycles. The highest BCUT2D eigenvalue weighted by atomic mass is 17.0. The summed E-state index contributed by atoms with van der Waals surface area (Å²) >= 11 is 0. The first kappa shape index (κ1) is 8.98. The molecule has 0 radical (unpaired) electrons. The van der Waals surface area contributed by atoms with Crippen molar-refractivity contribution in [2.45, 2.75) is 0 Å². The molecule has 0 unspecified atom stereocenters. The number of hydrogen-bond donors (Lipinski definition) is 1. The number of carboxylic acids is 1. The summed E-state index contributed by atoms with van der Waals surface area (Å²) in [6, 6.07) is 4.88. The molecule has 0 saturated heterocycles. The molecule has 1 aromatic rings. The van der Waals surface area contributed by atoms with E-state index < -0.39 is 11.1 Å². The van der Waals surface area contributed by atoms with Crippen LogP contribution in [0.4, 0.5) is 0 Å². The summed E-state index contributed by atoms with van der Waals surface area (Å²) in [5.41, 5.74) is 0.0516. The molecule has 1 N–H and O–H groups in total. The van der Waals surface area contributed by atoms with Gasteiger partial charge in [-0.15, -0.1) is 10.1 Å². The largest absolute Gasteiger partial charge is 0.478 e. The van der Waals surface area contributed by atoms with Gasteiger partial charge in [-0.3, -0.25) is 4.84 Å². The van der Waals surface area contributed by atoms with Crippen LogP contribution in [-0.4, -0.2) is 16.2 Å². The second kappa shape index (κ2) is 3.53. The van der Waals surface area contributed by atoms with Crippen LogP contribution in [0.1, 0.15) is 10.4 Å². The highest BCUT2D eigenvalue weighted by molar-refractivity contribution is 5.87. The van der Waals surface area contributed by atoms with Crippen LogP contribution < -0.4 is 4.84 Å². The fraction of sp³-hybridized carbons (Fsp3) is 0. The van der Waals surface area contributed by atoms with Gasteiger partial charge in [-0.25, -0.2) is 4.79 Å². The van der Waals surface area contributed by atoms with Crippen LogP contribution in [0.15, 0.2) is 24.3 Å². The predicted molar refractivity (Wildman–Crippen MR) is 41.0 cm³/mol. The van der Waals surface area contributed by atoms with Gasteiger partial charge in [0.15, 0.2) is 0 Å². The standard InChI is InChI=1S/C7H5NO5/c9-7(10)5-1-3-6(4-2-5)13-8(11)12/h1-4H,(H,9,10). The number of benzene rings is 1. The van der Waals surface area contributed by atoms with Crippen LogP contribution in [0.5, 0.6) is 5.75 Å². The molecule has 0 fully saturated rings. The SMILES string of the molecule is O=C(O)c1ccc(O[N+](=O)[O-])cc1. The minimum Gasteiger partial charge on any atom is -0.478 e. The average Bonchev–Trinajstić information content (AvgIpc) is 2.04. The lowest BCUT2D eigenvalue weighted by atomic mass is 10.2. The average molecular weight is 183 g/mol. The van der Waals surface area contributed by atoms with Crippen molar-refractivity contribution in [2.75, 3.05) is 0 Å². The lowest BCUT2D eigenvalue weighted by Gasteiger charge is -1.97. The van der Waals surface area contributed by atoms with E-state index in [0.29, 0.717) is 0 Å². The smallest absolute Gasteiger partial charge is 0.335 e. The molecule has 0 aliphatic rings. The first-order valence-electron chi connectivity index (χ1n) is 3.25. The molecule has 6 nitrogen and oxygen atoms in total. The molecule has 1 aromatic carbocycles. The molecule has 0 atom stereocenters. The summed E-state index contributed by atoms with van der Waals surface area (Å²) in [5, 5.41) is 17.4. The van der Waals surface area contributed by atoms with Crippen molar-refractivity contribution in [3.63, 3.8) is 0 Å². The number of aromatic carboxylic acids is 1. The molecular formula is C7H5NO5. The molecule has 0 aliphatic carbocycles. The Balaban J connectivity index is 2.81. The van der Waals surface area contributed by atoms with Gasteiger partial charge in [0.1, 0.15) is 5.75 Å². The Hall–Kier alpha value is -2.11. The van der Waals surface area contributed by atoms with Crippen molar-refractivity contribution in [3.05, 3.63) is 39.9 Å². The van der Waals surface area contributed by atoms with Crippen LogP contribution in [0, 0.1) is 10.1 Å². The minimum atomic E-state index is -1.09. The molecule has 0 aliphatic heterocycles. The minimum absolute atomic E-state index is 0.00463. The summed E-state index contributed by atoms with van der Waals surface area (Å²) in [6.45, 7) is 0. The van der Waals surface area contributed by atoms with E-state index in [1.807, 2.05) is 0 Å². The predicted octanol–water partition coefficient (Wildman–Crippen LogP) is 0.955.